The Morgan fingerprint density at radius 3 is 2.27 bits per heavy atom. The Balaban J connectivity index is 1.40. The molecule has 2 aliphatic rings. The van der Waals surface area contributed by atoms with E-state index >= 15 is 0 Å². The van der Waals surface area contributed by atoms with E-state index in [0.29, 0.717) is 25.8 Å². The molecule has 0 saturated carbocycles. The number of carboxylic acids is 1. The molecule has 4 rings (SSSR count). The molecule has 7 heteroatoms. The Morgan fingerprint density at radius 2 is 1.70 bits per heavy atom. The van der Waals surface area contributed by atoms with Gasteiger partial charge >= 0.3 is 12.1 Å². The van der Waals surface area contributed by atoms with E-state index in [1.807, 2.05) is 31.2 Å². The molecule has 1 aliphatic carbocycles. The van der Waals surface area contributed by atoms with Crippen molar-refractivity contribution in [2.24, 2.45) is 5.92 Å². The first kappa shape index (κ1) is 22.8. The van der Waals surface area contributed by atoms with E-state index in [2.05, 4.69) is 29.6 Å². The number of nitrogens with one attached hydrogen (secondary N) is 1. The first-order chi connectivity index (χ1) is 15.9. The van der Waals surface area contributed by atoms with Gasteiger partial charge in [0.25, 0.3) is 0 Å². The maximum Gasteiger partial charge on any atom is 0.407 e. The van der Waals surface area contributed by atoms with Gasteiger partial charge in [-0.2, -0.15) is 0 Å². The lowest BCUT2D eigenvalue weighted by molar-refractivity contribution is -0.149. The van der Waals surface area contributed by atoms with Crippen molar-refractivity contribution < 1.29 is 24.2 Å². The lowest BCUT2D eigenvalue weighted by Gasteiger charge is -2.39. The summed E-state index contributed by atoms with van der Waals surface area (Å²) in [5.41, 5.74) is 4.54. The first-order valence-corrected chi connectivity index (χ1v) is 11.6. The largest absolute Gasteiger partial charge is 0.481 e. The standard InChI is InChI=1S/C26H30N2O5/c1-3-23(24(29)28-14-8-13-17(16(28)2)25(30)31)27-26(32)33-15-22-20-11-6-4-9-18(20)19-10-5-7-12-21(19)22/h4-7,9-12,16-17,22-23H,3,8,13-15H2,1-2H3,(H,27,32)(H,30,31)/t16-,17-,23+/m1/s1. The summed E-state index contributed by atoms with van der Waals surface area (Å²) in [6.07, 6.45) is 0.937. The molecule has 2 amide bonds. The minimum atomic E-state index is -0.891. The van der Waals surface area contributed by atoms with E-state index < -0.39 is 30.1 Å². The number of carbonyl (C=O) groups excluding carboxylic acids is 2. The van der Waals surface area contributed by atoms with Gasteiger partial charge in [-0.25, -0.2) is 4.79 Å². The van der Waals surface area contributed by atoms with Gasteiger partial charge in [-0.1, -0.05) is 55.5 Å². The minimum Gasteiger partial charge on any atom is -0.481 e. The Labute approximate surface area is 193 Å². The number of carbonyl (C=O) groups is 3. The predicted molar refractivity (Wildman–Crippen MR) is 124 cm³/mol. The lowest BCUT2D eigenvalue weighted by Crippen LogP contribution is -2.55. The summed E-state index contributed by atoms with van der Waals surface area (Å²) in [5, 5.41) is 12.1. The number of benzene rings is 2. The van der Waals surface area contributed by atoms with E-state index in [1.165, 1.54) is 0 Å². The van der Waals surface area contributed by atoms with Crippen LogP contribution in [0.2, 0.25) is 0 Å². The van der Waals surface area contributed by atoms with Crippen LogP contribution in [0.1, 0.15) is 50.2 Å². The normalized spacial score (nSPS) is 20.5. The summed E-state index contributed by atoms with van der Waals surface area (Å²) >= 11 is 0. The highest BCUT2D eigenvalue weighted by Gasteiger charge is 2.38. The second-order valence-corrected chi connectivity index (χ2v) is 8.79. The summed E-state index contributed by atoms with van der Waals surface area (Å²) in [4.78, 5) is 38.8. The molecule has 1 heterocycles. The van der Waals surface area contributed by atoms with Gasteiger partial charge < -0.3 is 20.1 Å². The average molecular weight is 451 g/mol. The van der Waals surface area contributed by atoms with Gasteiger partial charge in [0, 0.05) is 18.5 Å². The van der Waals surface area contributed by atoms with Crippen LogP contribution in [-0.2, 0) is 14.3 Å². The van der Waals surface area contributed by atoms with Crippen molar-refractivity contribution in [3.8, 4) is 11.1 Å². The summed E-state index contributed by atoms with van der Waals surface area (Å²) in [7, 11) is 0. The van der Waals surface area contributed by atoms with Gasteiger partial charge in [0.15, 0.2) is 0 Å². The number of ether oxygens (including phenoxy) is 1. The molecule has 0 aromatic heterocycles. The van der Waals surface area contributed by atoms with E-state index in [-0.39, 0.29) is 18.4 Å². The third-order valence-corrected chi connectivity index (χ3v) is 6.93. The van der Waals surface area contributed by atoms with E-state index in [9.17, 15) is 19.5 Å². The SMILES string of the molecule is CC[C@H](NC(=O)OCC1c2ccccc2-c2ccccc21)C(=O)N1CCC[C@@H](C(=O)O)[C@H]1C. The highest BCUT2D eigenvalue weighted by Crippen LogP contribution is 2.44. The summed E-state index contributed by atoms with van der Waals surface area (Å²) < 4.78 is 5.58. The van der Waals surface area contributed by atoms with Crippen molar-refractivity contribution in [1.82, 2.24) is 10.2 Å². The quantitative estimate of drug-likeness (QED) is 0.693. The Hall–Kier alpha value is -3.35. The molecule has 0 spiro atoms. The molecule has 0 bridgehead atoms. The molecule has 3 atom stereocenters. The molecule has 1 saturated heterocycles. The zero-order chi connectivity index (χ0) is 23.5. The van der Waals surface area contributed by atoms with Crippen LogP contribution < -0.4 is 5.32 Å². The van der Waals surface area contributed by atoms with Gasteiger partial charge in [0.2, 0.25) is 5.91 Å². The van der Waals surface area contributed by atoms with E-state index in [1.54, 1.807) is 11.8 Å². The van der Waals surface area contributed by atoms with Crippen LogP contribution >= 0.6 is 0 Å². The molecule has 2 N–H and O–H groups in total. The van der Waals surface area contributed by atoms with Gasteiger partial charge in [-0.3, -0.25) is 9.59 Å². The fraction of sp³-hybridized carbons (Fsp3) is 0.423. The average Bonchev–Trinajstić information content (AvgIpc) is 3.14. The molecule has 33 heavy (non-hydrogen) atoms. The van der Waals surface area contributed by atoms with Crippen LogP contribution in [0.4, 0.5) is 4.79 Å². The maximum absolute atomic E-state index is 13.1. The van der Waals surface area contributed by atoms with Crippen LogP contribution in [0.5, 0.6) is 0 Å². The second-order valence-electron chi connectivity index (χ2n) is 8.79. The van der Waals surface area contributed by atoms with Crippen molar-refractivity contribution in [3.63, 3.8) is 0 Å². The highest BCUT2D eigenvalue weighted by molar-refractivity contribution is 5.87. The van der Waals surface area contributed by atoms with Crippen molar-refractivity contribution in [1.29, 1.82) is 0 Å². The van der Waals surface area contributed by atoms with Crippen molar-refractivity contribution in [2.75, 3.05) is 13.2 Å². The molecular formula is C26H30N2O5. The third kappa shape index (κ3) is 4.45. The Morgan fingerprint density at radius 1 is 1.09 bits per heavy atom. The summed E-state index contributed by atoms with van der Waals surface area (Å²) in [6.45, 7) is 4.24. The number of alkyl carbamates (subject to hydrolysis) is 1. The number of carboxylic acid groups (broad SMARTS) is 1. The Bertz CT molecular complexity index is 1010. The molecular weight excluding hydrogens is 420 g/mol. The van der Waals surface area contributed by atoms with Crippen molar-refractivity contribution in [3.05, 3.63) is 59.7 Å². The fourth-order valence-corrected chi connectivity index (χ4v) is 5.11. The van der Waals surface area contributed by atoms with E-state index in [4.69, 9.17) is 4.74 Å². The van der Waals surface area contributed by atoms with Gasteiger partial charge in [0.1, 0.15) is 12.6 Å². The topological polar surface area (TPSA) is 95.9 Å². The smallest absolute Gasteiger partial charge is 0.407 e. The number of hydrogen-bond acceptors (Lipinski definition) is 4. The number of likely N-dealkylation sites (tertiary alicyclic amines) is 1. The van der Waals surface area contributed by atoms with Crippen molar-refractivity contribution in [2.45, 2.75) is 51.1 Å². The second kappa shape index (κ2) is 9.65. The molecule has 2 aromatic carbocycles. The third-order valence-electron chi connectivity index (χ3n) is 6.93. The van der Waals surface area contributed by atoms with Gasteiger partial charge in [-0.05, 0) is 48.4 Å². The molecule has 0 radical (unpaired) electrons. The molecule has 174 valence electrons. The molecule has 1 aliphatic heterocycles. The van der Waals surface area contributed by atoms with Crippen LogP contribution in [0, 0.1) is 5.92 Å². The number of hydrogen-bond donors (Lipinski definition) is 2. The molecule has 0 unspecified atom stereocenters. The van der Waals surface area contributed by atoms with Gasteiger partial charge in [-0.15, -0.1) is 0 Å². The summed E-state index contributed by atoms with van der Waals surface area (Å²) in [6, 6.07) is 15.0. The van der Waals surface area contributed by atoms with E-state index in [0.717, 1.165) is 22.3 Å². The lowest BCUT2D eigenvalue weighted by atomic mass is 9.89. The van der Waals surface area contributed by atoms with Crippen LogP contribution in [-0.4, -0.2) is 53.2 Å². The predicted octanol–water partition coefficient (Wildman–Crippen LogP) is 4.02. The zero-order valence-corrected chi connectivity index (χ0v) is 19.0. The number of rotatable bonds is 6. The van der Waals surface area contributed by atoms with Crippen LogP contribution in [0.3, 0.4) is 0 Å². The number of aliphatic carboxylic acids is 1. The first-order valence-electron chi connectivity index (χ1n) is 11.6. The zero-order valence-electron chi connectivity index (χ0n) is 19.0. The number of fused-ring (bicyclic) bond motifs is 3. The minimum absolute atomic E-state index is 0.0580. The fourth-order valence-electron chi connectivity index (χ4n) is 5.11. The van der Waals surface area contributed by atoms with Gasteiger partial charge in [0.05, 0.1) is 5.92 Å². The molecule has 2 aromatic rings. The summed E-state index contributed by atoms with van der Waals surface area (Å²) in [5.74, 6) is -1.80. The van der Waals surface area contributed by atoms with Crippen molar-refractivity contribution >= 4 is 18.0 Å². The monoisotopic (exact) mass is 450 g/mol. The Kier molecular flexibility index (Phi) is 6.67. The highest BCUT2D eigenvalue weighted by atomic mass is 16.5. The maximum atomic E-state index is 13.1. The number of amides is 2. The number of nitrogens with zero attached hydrogens (tertiary/aromatic N) is 1. The molecule has 7 nitrogen and oxygen atoms in total. The molecule has 1 fully saturated rings. The number of piperidine rings is 1. The van der Waals surface area contributed by atoms with Crippen LogP contribution in [0.15, 0.2) is 48.5 Å². The van der Waals surface area contributed by atoms with Crippen LogP contribution in [0.25, 0.3) is 11.1 Å².